The maximum Gasteiger partial charge on any atom is 0.0412 e. The predicted octanol–water partition coefficient (Wildman–Crippen LogP) is 3.39. The lowest BCUT2D eigenvalue weighted by Gasteiger charge is -2.43. The van der Waals surface area contributed by atoms with Gasteiger partial charge < -0.3 is 10.2 Å². The van der Waals surface area contributed by atoms with E-state index in [0.29, 0.717) is 18.0 Å². The third kappa shape index (κ3) is 2.58. The summed E-state index contributed by atoms with van der Waals surface area (Å²) >= 11 is 0. The van der Waals surface area contributed by atoms with E-state index in [9.17, 15) is 0 Å². The van der Waals surface area contributed by atoms with E-state index in [1.54, 1.807) is 11.1 Å². The lowest BCUT2D eigenvalue weighted by atomic mass is 9.97. The van der Waals surface area contributed by atoms with E-state index in [0.717, 1.165) is 13.1 Å². The Hall–Kier alpha value is -1.02. The second kappa shape index (κ2) is 5.77. The van der Waals surface area contributed by atoms with Crippen LogP contribution in [-0.2, 0) is 12.8 Å². The number of nitrogens with zero attached hydrogens (tertiary/aromatic N) is 1. The average Bonchev–Trinajstić information content (AvgIpc) is 2.93. The molecule has 0 aromatic heterocycles. The number of benzene rings is 1. The molecule has 2 atom stereocenters. The fourth-order valence-corrected chi connectivity index (χ4v) is 3.69. The van der Waals surface area contributed by atoms with Crippen molar-refractivity contribution in [3.63, 3.8) is 0 Å². The molecule has 2 aliphatic rings. The number of nitrogens with one attached hydrogen (secondary N) is 1. The van der Waals surface area contributed by atoms with Crippen molar-refractivity contribution in [1.82, 2.24) is 5.32 Å². The van der Waals surface area contributed by atoms with Gasteiger partial charge in [-0.2, -0.15) is 0 Å². The first kappa shape index (κ1) is 13.9. The van der Waals surface area contributed by atoms with E-state index < -0.39 is 0 Å². The van der Waals surface area contributed by atoms with Gasteiger partial charge in [0.05, 0.1) is 0 Å². The standard InChI is InChI=1S/C18H28N2/c1-4-16-11-19-18(13(2)3)12-20(16)17-9-8-14-6-5-7-15(14)10-17/h8-10,13,16,18-19H,4-7,11-12H2,1-3H3. The molecule has 20 heavy (non-hydrogen) atoms. The first-order chi connectivity index (χ1) is 9.69. The van der Waals surface area contributed by atoms with Gasteiger partial charge in [0, 0.05) is 30.9 Å². The zero-order valence-corrected chi connectivity index (χ0v) is 13.2. The van der Waals surface area contributed by atoms with Crippen molar-refractivity contribution in [3.8, 4) is 0 Å². The summed E-state index contributed by atoms with van der Waals surface area (Å²) in [5, 5.41) is 3.73. The Kier molecular flexibility index (Phi) is 4.02. The Bertz CT molecular complexity index is 466. The molecule has 3 rings (SSSR count). The Labute approximate surface area is 123 Å². The Morgan fingerprint density at radius 2 is 2.05 bits per heavy atom. The van der Waals surface area contributed by atoms with Crippen LogP contribution < -0.4 is 10.2 Å². The Morgan fingerprint density at radius 3 is 2.80 bits per heavy atom. The lowest BCUT2D eigenvalue weighted by molar-refractivity contribution is 0.325. The number of aryl methyl sites for hydroxylation is 2. The van der Waals surface area contributed by atoms with Crippen molar-refractivity contribution in [2.45, 2.75) is 58.5 Å². The highest BCUT2D eigenvalue weighted by atomic mass is 15.2. The van der Waals surface area contributed by atoms with Gasteiger partial charge in [-0.3, -0.25) is 0 Å². The molecule has 2 nitrogen and oxygen atoms in total. The van der Waals surface area contributed by atoms with Crippen LogP contribution in [0.3, 0.4) is 0 Å². The fourth-order valence-electron chi connectivity index (χ4n) is 3.69. The molecular weight excluding hydrogens is 244 g/mol. The molecule has 1 aromatic carbocycles. The molecule has 1 aliphatic heterocycles. The lowest BCUT2D eigenvalue weighted by Crippen LogP contribution is -2.58. The maximum absolute atomic E-state index is 3.73. The van der Waals surface area contributed by atoms with E-state index in [1.165, 1.54) is 31.4 Å². The van der Waals surface area contributed by atoms with Gasteiger partial charge in [0.2, 0.25) is 0 Å². The molecular formula is C18H28N2. The van der Waals surface area contributed by atoms with Crippen LogP contribution in [0.5, 0.6) is 0 Å². The molecule has 1 fully saturated rings. The van der Waals surface area contributed by atoms with Crippen molar-refractivity contribution in [3.05, 3.63) is 29.3 Å². The minimum Gasteiger partial charge on any atom is -0.366 e. The average molecular weight is 272 g/mol. The first-order valence-electron chi connectivity index (χ1n) is 8.31. The van der Waals surface area contributed by atoms with Crippen molar-refractivity contribution < 1.29 is 0 Å². The number of anilines is 1. The minimum atomic E-state index is 0.617. The molecule has 1 heterocycles. The van der Waals surface area contributed by atoms with Crippen molar-refractivity contribution in [1.29, 1.82) is 0 Å². The van der Waals surface area contributed by atoms with Crippen molar-refractivity contribution >= 4 is 5.69 Å². The summed E-state index contributed by atoms with van der Waals surface area (Å²) in [4.78, 5) is 2.65. The molecule has 0 amide bonds. The van der Waals surface area contributed by atoms with Gasteiger partial charge in [-0.25, -0.2) is 0 Å². The van der Waals surface area contributed by atoms with Gasteiger partial charge in [0.1, 0.15) is 0 Å². The number of fused-ring (bicyclic) bond motifs is 1. The highest BCUT2D eigenvalue weighted by Crippen LogP contribution is 2.29. The number of piperazine rings is 1. The zero-order chi connectivity index (χ0) is 14.1. The minimum absolute atomic E-state index is 0.617. The molecule has 1 N–H and O–H groups in total. The first-order valence-corrected chi connectivity index (χ1v) is 8.31. The molecule has 0 radical (unpaired) electrons. The maximum atomic E-state index is 3.73. The fraction of sp³-hybridized carbons (Fsp3) is 0.667. The molecule has 110 valence electrons. The van der Waals surface area contributed by atoms with Gasteiger partial charge >= 0.3 is 0 Å². The second-order valence-electron chi connectivity index (χ2n) is 6.78. The quantitative estimate of drug-likeness (QED) is 0.907. The van der Waals surface area contributed by atoms with E-state index in [4.69, 9.17) is 0 Å². The van der Waals surface area contributed by atoms with Crippen LogP contribution in [0.4, 0.5) is 5.69 Å². The Morgan fingerprint density at radius 1 is 1.25 bits per heavy atom. The molecule has 2 heteroatoms. The van der Waals surface area contributed by atoms with Gasteiger partial charge in [-0.15, -0.1) is 0 Å². The number of rotatable bonds is 3. The summed E-state index contributed by atoms with van der Waals surface area (Å²) in [5.41, 5.74) is 4.62. The van der Waals surface area contributed by atoms with Gasteiger partial charge in [-0.1, -0.05) is 26.8 Å². The molecule has 0 bridgehead atoms. The highest BCUT2D eigenvalue weighted by Gasteiger charge is 2.28. The smallest absolute Gasteiger partial charge is 0.0412 e. The number of hydrogen-bond acceptors (Lipinski definition) is 2. The Balaban J connectivity index is 1.85. The van der Waals surface area contributed by atoms with Crippen LogP contribution in [0.25, 0.3) is 0 Å². The molecule has 2 unspecified atom stereocenters. The SMILES string of the molecule is CCC1CNC(C(C)C)CN1c1ccc2c(c1)CCC2. The molecule has 1 aromatic rings. The third-order valence-corrected chi connectivity index (χ3v) is 5.14. The monoisotopic (exact) mass is 272 g/mol. The normalized spacial score (nSPS) is 26.1. The predicted molar refractivity (Wildman–Crippen MR) is 86.5 cm³/mol. The van der Waals surface area contributed by atoms with Crippen molar-refractivity contribution in [2.75, 3.05) is 18.0 Å². The molecule has 0 saturated carbocycles. The summed E-state index contributed by atoms with van der Waals surface area (Å²) < 4.78 is 0. The summed E-state index contributed by atoms with van der Waals surface area (Å²) in [5.74, 6) is 0.699. The zero-order valence-electron chi connectivity index (χ0n) is 13.2. The molecule has 0 spiro atoms. The summed E-state index contributed by atoms with van der Waals surface area (Å²) in [7, 11) is 0. The summed E-state index contributed by atoms with van der Waals surface area (Å²) in [6.45, 7) is 9.23. The van der Waals surface area contributed by atoms with E-state index in [1.807, 2.05) is 0 Å². The highest BCUT2D eigenvalue weighted by molar-refractivity contribution is 5.53. The summed E-state index contributed by atoms with van der Waals surface area (Å²) in [6, 6.07) is 8.45. The van der Waals surface area contributed by atoms with Gasteiger partial charge in [0.25, 0.3) is 0 Å². The van der Waals surface area contributed by atoms with Crippen LogP contribution in [0.15, 0.2) is 18.2 Å². The van der Waals surface area contributed by atoms with Gasteiger partial charge in [0.15, 0.2) is 0 Å². The molecule has 1 aliphatic carbocycles. The third-order valence-electron chi connectivity index (χ3n) is 5.14. The second-order valence-corrected chi connectivity index (χ2v) is 6.78. The molecule has 1 saturated heterocycles. The topological polar surface area (TPSA) is 15.3 Å². The van der Waals surface area contributed by atoms with Gasteiger partial charge in [-0.05, 0) is 54.9 Å². The van der Waals surface area contributed by atoms with Crippen LogP contribution >= 0.6 is 0 Å². The van der Waals surface area contributed by atoms with E-state index >= 15 is 0 Å². The summed E-state index contributed by atoms with van der Waals surface area (Å²) in [6.07, 6.45) is 5.11. The van der Waals surface area contributed by atoms with Crippen LogP contribution in [0.1, 0.15) is 44.7 Å². The van der Waals surface area contributed by atoms with Crippen LogP contribution in [0, 0.1) is 5.92 Å². The van der Waals surface area contributed by atoms with E-state index in [-0.39, 0.29) is 0 Å². The van der Waals surface area contributed by atoms with Crippen LogP contribution in [0.2, 0.25) is 0 Å². The largest absolute Gasteiger partial charge is 0.366 e. The van der Waals surface area contributed by atoms with Crippen molar-refractivity contribution in [2.24, 2.45) is 5.92 Å². The number of hydrogen-bond donors (Lipinski definition) is 1. The van der Waals surface area contributed by atoms with Crippen LogP contribution in [-0.4, -0.2) is 25.2 Å². The van der Waals surface area contributed by atoms with E-state index in [2.05, 4.69) is 49.2 Å².